The highest BCUT2D eigenvalue weighted by Gasteiger charge is 2.50. The average Bonchev–Trinajstić information content (AvgIpc) is 1.96. The second kappa shape index (κ2) is 5.46. The molecule has 1 N–H and O–H groups in total. The fourth-order valence-electron chi connectivity index (χ4n) is 0.775. The minimum atomic E-state index is -5.11. The van der Waals surface area contributed by atoms with Gasteiger partial charge in [-0.05, 0) is 13.8 Å². The number of hydrogen-bond acceptors (Lipinski definition) is 2. The zero-order valence-corrected chi connectivity index (χ0v) is 8.95. The molecule has 0 heterocycles. The molecule has 3 nitrogen and oxygen atoms in total. The van der Waals surface area contributed by atoms with E-state index in [0.717, 1.165) is 0 Å². The maximum atomic E-state index is 12.7. The monoisotopic (exact) mass is 267 g/mol. The van der Waals surface area contributed by atoms with E-state index in [1.165, 1.54) is 13.8 Å². The largest absolute Gasteiger partial charge is 0.433 e. The van der Waals surface area contributed by atoms with Gasteiger partial charge in [-0.15, -0.1) is 0 Å². The Kier molecular flexibility index (Phi) is 5.09. The molecule has 102 valence electrons. The second-order valence-electron chi connectivity index (χ2n) is 3.54. The number of ether oxygens (including phenoxy) is 1. The van der Waals surface area contributed by atoms with Crippen LogP contribution in [-0.2, 0) is 4.74 Å². The fourth-order valence-corrected chi connectivity index (χ4v) is 0.775. The molecule has 0 aliphatic carbocycles. The predicted molar refractivity (Wildman–Crippen MR) is 45.3 cm³/mol. The van der Waals surface area contributed by atoms with Gasteiger partial charge in [-0.1, -0.05) is 0 Å². The lowest BCUT2D eigenvalue weighted by atomic mass is 10.2. The Morgan fingerprint density at radius 2 is 1.71 bits per heavy atom. The van der Waals surface area contributed by atoms with Crippen molar-refractivity contribution in [3.63, 3.8) is 0 Å². The van der Waals surface area contributed by atoms with E-state index in [9.17, 15) is 31.1 Å². The van der Waals surface area contributed by atoms with Crippen molar-refractivity contribution in [2.24, 2.45) is 0 Å². The van der Waals surface area contributed by atoms with E-state index in [1.54, 1.807) is 0 Å². The third kappa shape index (κ3) is 6.90. The summed E-state index contributed by atoms with van der Waals surface area (Å²) in [6.07, 6.45) is -17.7. The topological polar surface area (TPSA) is 38.3 Å². The Labute approximate surface area is 93.1 Å². The van der Waals surface area contributed by atoms with E-state index < -0.39 is 37.0 Å². The van der Waals surface area contributed by atoms with Crippen LogP contribution in [0.4, 0.5) is 31.1 Å². The molecule has 0 aromatic rings. The van der Waals surface area contributed by atoms with Crippen molar-refractivity contribution in [1.82, 2.24) is 5.32 Å². The van der Waals surface area contributed by atoms with Gasteiger partial charge in [0.25, 0.3) is 0 Å². The molecule has 0 aromatic carbocycles. The normalized spacial score (nSPS) is 14.6. The zero-order valence-electron chi connectivity index (χ0n) is 8.95. The van der Waals surface area contributed by atoms with E-state index in [4.69, 9.17) is 0 Å². The van der Waals surface area contributed by atoms with Crippen LogP contribution in [0.15, 0.2) is 0 Å². The fraction of sp³-hybridized carbons (Fsp3) is 0.875. The summed E-state index contributed by atoms with van der Waals surface area (Å²) in [5.74, 6) is 0. The number of hydrogen-bond donors (Lipinski definition) is 1. The molecule has 0 aromatic heterocycles. The van der Waals surface area contributed by atoms with E-state index in [0.29, 0.717) is 0 Å². The Morgan fingerprint density at radius 3 is 2.06 bits per heavy atom. The van der Waals surface area contributed by atoms with Crippen LogP contribution in [0, 0.1) is 0 Å². The standard InChI is InChI=1S/C8H11F6NO2/c1-4(2)15-6(16)17-8(13,14)5(9)3-7(10,11)12/h4-5H,3H2,1-2H3,(H,15,16). The van der Waals surface area contributed by atoms with Crippen molar-refractivity contribution in [2.45, 2.75) is 44.8 Å². The van der Waals surface area contributed by atoms with Gasteiger partial charge >= 0.3 is 18.4 Å². The highest BCUT2D eigenvalue weighted by Crippen LogP contribution is 2.32. The van der Waals surface area contributed by atoms with Crippen molar-refractivity contribution >= 4 is 6.09 Å². The highest BCUT2D eigenvalue weighted by atomic mass is 19.4. The maximum absolute atomic E-state index is 12.7. The van der Waals surface area contributed by atoms with Crippen molar-refractivity contribution in [3.05, 3.63) is 0 Å². The molecule has 0 spiro atoms. The predicted octanol–water partition coefficient (Wildman–Crippen LogP) is 3.00. The molecular formula is C8H11F6NO2. The van der Waals surface area contributed by atoms with Crippen LogP contribution in [0.5, 0.6) is 0 Å². The number of carbonyl (C=O) groups is 1. The van der Waals surface area contributed by atoms with Crippen LogP contribution >= 0.6 is 0 Å². The third-order valence-corrected chi connectivity index (χ3v) is 1.41. The van der Waals surface area contributed by atoms with Crippen LogP contribution in [0.3, 0.4) is 0 Å². The van der Waals surface area contributed by atoms with E-state index >= 15 is 0 Å². The summed E-state index contributed by atoms with van der Waals surface area (Å²) in [5.41, 5.74) is 0. The van der Waals surface area contributed by atoms with E-state index in [-0.39, 0.29) is 0 Å². The molecule has 0 bridgehead atoms. The van der Waals surface area contributed by atoms with Gasteiger partial charge in [0.05, 0.1) is 6.42 Å². The molecule has 1 amide bonds. The molecule has 1 atom stereocenters. The van der Waals surface area contributed by atoms with Crippen LogP contribution in [-0.4, -0.2) is 30.6 Å². The van der Waals surface area contributed by atoms with Crippen LogP contribution in [0.1, 0.15) is 20.3 Å². The molecule has 0 aliphatic rings. The van der Waals surface area contributed by atoms with Gasteiger partial charge in [0.2, 0.25) is 6.17 Å². The van der Waals surface area contributed by atoms with E-state index in [2.05, 4.69) is 4.74 Å². The summed E-state index contributed by atoms with van der Waals surface area (Å²) in [4.78, 5) is 10.7. The first kappa shape index (κ1) is 15.9. The van der Waals surface area contributed by atoms with Crippen molar-refractivity contribution < 1.29 is 35.9 Å². The first-order valence-electron chi connectivity index (χ1n) is 4.52. The Hall–Kier alpha value is -1.15. The molecule has 17 heavy (non-hydrogen) atoms. The molecule has 0 fully saturated rings. The first-order valence-corrected chi connectivity index (χ1v) is 4.52. The third-order valence-electron chi connectivity index (χ3n) is 1.41. The summed E-state index contributed by atoms with van der Waals surface area (Å²) in [7, 11) is 0. The van der Waals surface area contributed by atoms with Gasteiger partial charge in [0.1, 0.15) is 0 Å². The van der Waals surface area contributed by atoms with Crippen molar-refractivity contribution in [1.29, 1.82) is 0 Å². The van der Waals surface area contributed by atoms with Crippen molar-refractivity contribution in [3.8, 4) is 0 Å². The first-order chi connectivity index (χ1) is 7.44. The van der Waals surface area contributed by atoms with Gasteiger partial charge in [-0.25, -0.2) is 9.18 Å². The molecule has 0 saturated heterocycles. The number of alkyl halides is 6. The minimum absolute atomic E-state index is 0.570. The maximum Gasteiger partial charge on any atom is 0.433 e. The SMILES string of the molecule is CC(C)NC(=O)OC(F)(F)C(F)CC(F)(F)F. The minimum Gasteiger partial charge on any atom is -0.382 e. The number of amides is 1. The lowest BCUT2D eigenvalue weighted by Gasteiger charge is -2.21. The summed E-state index contributed by atoms with van der Waals surface area (Å²) in [6, 6.07) is -0.570. The van der Waals surface area contributed by atoms with Gasteiger partial charge < -0.3 is 10.1 Å². The van der Waals surface area contributed by atoms with Crippen LogP contribution in [0.25, 0.3) is 0 Å². The molecular weight excluding hydrogens is 256 g/mol. The molecule has 0 saturated carbocycles. The quantitative estimate of drug-likeness (QED) is 0.795. The van der Waals surface area contributed by atoms with Gasteiger partial charge in [0.15, 0.2) is 0 Å². The second-order valence-corrected chi connectivity index (χ2v) is 3.54. The summed E-state index contributed by atoms with van der Waals surface area (Å²) in [6.45, 7) is 2.81. The molecule has 0 rings (SSSR count). The Morgan fingerprint density at radius 1 is 1.24 bits per heavy atom. The number of carbonyl (C=O) groups excluding carboxylic acids is 1. The van der Waals surface area contributed by atoms with Crippen LogP contribution in [0.2, 0.25) is 0 Å². The van der Waals surface area contributed by atoms with Gasteiger partial charge in [0, 0.05) is 6.04 Å². The van der Waals surface area contributed by atoms with E-state index in [1.807, 2.05) is 5.32 Å². The molecule has 1 unspecified atom stereocenters. The number of nitrogens with one attached hydrogen (secondary N) is 1. The number of alkyl carbamates (subject to hydrolysis) is 1. The Balaban J connectivity index is 4.41. The van der Waals surface area contributed by atoms with Gasteiger partial charge in [-0.2, -0.15) is 22.0 Å². The molecule has 0 radical (unpaired) electrons. The van der Waals surface area contributed by atoms with Crippen LogP contribution < -0.4 is 5.32 Å². The summed E-state index contributed by atoms with van der Waals surface area (Å²) >= 11 is 0. The summed E-state index contributed by atoms with van der Waals surface area (Å²) in [5, 5.41) is 1.83. The van der Waals surface area contributed by atoms with Crippen molar-refractivity contribution in [2.75, 3.05) is 0 Å². The lowest BCUT2D eigenvalue weighted by molar-refractivity contribution is -0.261. The molecule has 0 aliphatic heterocycles. The highest BCUT2D eigenvalue weighted by molar-refractivity contribution is 5.67. The van der Waals surface area contributed by atoms with Gasteiger partial charge in [-0.3, -0.25) is 0 Å². The Bertz CT molecular complexity index is 265. The molecule has 9 heteroatoms. The number of halogens is 6. The smallest absolute Gasteiger partial charge is 0.382 e. The zero-order chi connectivity index (χ0) is 13.9. The lowest BCUT2D eigenvalue weighted by Crippen LogP contribution is -2.42. The average molecular weight is 267 g/mol. The number of rotatable bonds is 4. The summed E-state index contributed by atoms with van der Waals surface area (Å²) < 4.78 is 76.2.